The minimum atomic E-state index is 0.427. The standard InChI is InChI=1S/C19H39N3/c1-15(2)21-12-16(3)22(17(4)13-21)18-8-10-20(11-9-18)14-19(5,6)7/h15-18H,8-14H2,1-7H3. The predicted octanol–water partition coefficient (Wildman–Crippen LogP) is 3.30. The van der Waals surface area contributed by atoms with Crippen LogP contribution in [0.4, 0.5) is 0 Å². The lowest BCUT2D eigenvalue weighted by Crippen LogP contribution is -2.62. The van der Waals surface area contributed by atoms with Crippen molar-refractivity contribution in [2.45, 2.75) is 85.5 Å². The minimum Gasteiger partial charge on any atom is -0.303 e. The van der Waals surface area contributed by atoms with E-state index in [1.54, 1.807) is 0 Å². The summed E-state index contributed by atoms with van der Waals surface area (Å²) in [4.78, 5) is 8.17. The molecular formula is C19H39N3. The van der Waals surface area contributed by atoms with Gasteiger partial charge in [-0.2, -0.15) is 0 Å². The summed E-state index contributed by atoms with van der Waals surface area (Å²) in [5, 5.41) is 0. The molecule has 0 aromatic rings. The van der Waals surface area contributed by atoms with E-state index in [-0.39, 0.29) is 0 Å². The van der Waals surface area contributed by atoms with Gasteiger partial charge >= 0.3 is 0 Å². The highest BCUT2D eigenvalue weighted by Gasteiger charge is 2.36. The van der Waals surface area contributed by atoms with Crippen LogP contribution in [0.25, 0.3) is 0 Å². The Labute approximate surface area is 139 Å². The van der Waals surface area contributed by atoms with Crippen molar-refractivity contribution in [3.8, 4) is 0 Å². The van der Waals surface area contributed by atoms with Crippen LogP contribution in [0.5, 0.6) is 0 Å². The van der Waals surface area contributed by atoms with Crippen molar-refractivity contribution in [2.24, 2.45) is 5.41 Å². The van der Waals surface area contributed by atoms with Crippen LogP contribution in [0.15, 0.2) is 0 Å². The molecule has 2 aliphatic rings. The molecule has 0 saturated carbocycles. The highest BCUT2D eigenvalue weighted by Crippen LogP contribution is 2.27. The van der Waals surface area contributed by atoms with E-state index in [1.807, 2.05) is 0 Å². The van der Waals surface area contributed by atoms with Gasteiger partial charge in [0.1, 0.15) is 0 Å². The molecule has 2 atom stereocenters. The number of nitrogens with zero attached hydrogens (tertiary/aromatic N) is 3. The zero-order valence-electron chi connectivity index (χ0n) is 16.1. The first-order chi connectivity index (χ1) is 10.2. The number of likely N-dealkylation sites (tertiary alicyclic amines) is 1. The molecule has 0 amide bonds. The molecule has 0 aromatic heterocycles. The summed E-state index contributed by atoms with van der Waals surface area (Å²) >= 11 is 0. The molecule has 2 heterocycles. The fourth-order valence-electron chi connectivity index (χ4n) is 4.56. The summed E-state index contributed by atoms with van der Waals surface area (Å²) in [6, 6.07) is 2.88. The van der Waals surface area contributed by atoms with Crippen LogP contribution in [-0.2, 0) is 0 Å². The smallest absolute Gasteiger partial charge is 0.0201 e. The van der Waals surface area contributed by atoms with Gasteiger partial charge in [0, 0.05) is 43.8 Å². The molecule has 0 N–H and O–H groups in total. The molecule has 0 radical (unpaired) electrons. The quantitative estimate of drug-likeness (QED) is 0.792. The summed E-state index contributed by atoms with van der Waals surface area (Å²) in [7, 11) is 0. The Balaban J connectivity index is 1.88. The molecule has 3 heteroatoms. The number of hydrogen-bond donors (Lipinski definition) is 0. The fourth-order valence-corrected chi connectivity index (χ4v) is 4.56. The highest BCUT2D eigenvalue weighted by atomic mass is 15.3. The van der Waals surface area contributed by atoms with Gasteiger partial charge in [-0.15, -0.1) is 0 Å². The van der Waals surface area contributed by atoms with Gasteiger partial charge in [0.2, 0.25) is 0 Å². The summed E-state index contributed by atoms with van der Waals surface area (Å²) in [5.41, 5.74) is 0.427. The second kappa shape index (κ2) is 7.19. The number of hydrogen-bond acceptors (Lipinski definition) is 3. The fraction of sp³-hybridized carbons (Fsp3) is 1.00. The number of piperazine rings is 1. The van der Waals surface area contributed by atoms with Crippen LogP contribution in [0.1, 0.15) is 61.3 Å². The molecular weight excluding hydrogens is 270 g/mol. The molecule has 2 aliphatic heterocycles. The van der Waals surface area contributed by atoms with Crippen molar-refractivity contribution >= 4 is 0 Å². The summed E-state index contributed by atoms with van der Waals surface area (Å²) in [5.74, 6) is 0. The average molecular weight is 310 g/mol. The van der Waals surface area contributed by atoms with Crippen molar-refractivity contribution < 1.29 is 0 Å². The maximum Gasteiger partial charge on any atom is 0.0201 e. The molecule has 0 aromatic carbocycles. The van der Waals surface area contributed by atoms with Crippen molar-refractivity contribution in [3.05, 3.63) is 0 Å². The van der Waals surface area contributed by atoms with Gasteiger partial charge in [-0.05, 0) is 59.0 Å². The molecule has 22 heavy (non-hydrogen) atoms. The zero-order chi connectivity index (χ0) is 16.5. The average Bonchev–Trinajstić information content (AvgIpc) is 2.38. The van der Waals surface area contributed by atoms with Gasteiger partial charge in [-0.3, -0.25) is 9.80 Å². The third-order valence-corrected chi connectivity index (χ3v) is 5.42. The van der Waals surface area contributed by atoms with Crippen LogP contribution in [0.3, 0.4) is 0 Å². The first kappa shape index (κ1) is 18.2. The monoisotopic (exact) mass is 309 g/mol. The van der Waals surface area contributed by atoms with E-state index in [0.29, 0.717) is 23.5 Å². The van der Waals surface area contributed by atoms with Gasteiger partial charge in [0.15, 0.2) is 0 Å². The van der Waals surface area contributed by atoms with E-state index < -0.39 is 0 Å². The second-order valence-corrected chi connectivity index (χ2v) is 9.26. The van der Waals surface area contributed by atoms with E-state index in [4.69, 9.17) is 0 Å². The normalized spacial score (nSPS) is 31.1. The Morgan fingerprint density at radius 1 is 0.955 bits per heavy atom. The van der Waals surface area contributed by atoms with Gasteiger partial charge in [0.05, 0.1) is 0 Å². The number of piperidine rings is 1. The van der Waals surface area contributed by atoms with E-state index in [0.717, 1.165) is 6.04 Å². The third-order valence-electron chi connectivity index (χ3n) is 5.42. The summed E-state index contributed by atoms with van der Waals surface area (Å²) in [6.45, 7) is 22.9. The SMILES string of the molecule is CC(C)N1CC(C)N(C2CCN(CC(C)(C)C)CC2)C(C)C1. The van der Waals surface area contributed by atoms with Crippen LogP contribution >= 0.6 is 0 Å². The summed E-state index contributed by atoms with van der Waals surface area (Å²) < 4.78 is 0. The van der Waals surface area contributed by atoms with Crippen molar-refractivity contribution in [2.75, 3.05) is 32.7 Å². The third kappa shape index (κ3) is 4.69. The molecule has 2 unspecified atom stereocenters. The Kier molecular flexibility index (Phi) is 5.95. The Morgan fingerprint density at radius 2 is 1.45 bits per heavy atom. The number of rotatable bonds is 3. The zero-order valence-corrected chi connectivity index (χ0v) is 16.1. The van der Waals surface area contributed by atoms with Crippen molar-refractivity contribution in [1.82, 2.24) is 14.7 Å². The highest BCUT2D eigenvalue weighted by molar-refractivity contribution is 4.92. The lowest BCUT2D eigenvalue weighted by atomic mass is 9.92. The van der Waals surface area contributed by atoms with Crippen LogP contribution in [0, 0.1) is 5.41 Å². The van der Waals surface area contributed by atoms with E-state index in [9.17, 15) is 0 Å². The second-order valence-electron chi connectivity index (χ2n) is 9.26. The Morgan fingerprint density at radius 3 is 1.86 bits per heavy atom. The molecule has 2 saturated heterocycles. The minimum absolute atomic E-state index is 0.427. The Hall–Kier alpha value is -0.120. The first-order valence-corrected chi connectivity index (χ1v) is 9.41. The van der Waals surface area contributed by atoms with E-state index in [2.05, 4.69) is 63.2 Å². The van der Waals surface area contributed by atoms with E-state index in [1.165, 1.54) is 45.6 Å². The molecule has 2 rings (SSSR count). The van der Waals surface area contributed by atoms with Crippen LogP contribution in [-0.4, -0.2) is 71.6 Å². The molecule has 0 aliphatic carbocycles. The van der Waals surface area contributed by atoms with Gasteiger partial charge in [-0.25, -0.2) is 0 Å². The van der Waals surface area contributed by atoms with Crippen LogP contribution in [0.2, 0.25) is 0 Å². The lowest BCUT2D eigenvalue weighted by molar-refractivity contribution is -0.0257. The maximum absolute atomic E-state index is 2.84. The van der Waals surface area contributed by atoms with Gasteiger partial charge < -0.3 is 4.90 Å². The van der Waals surface area contributed by atoms with Crippen molar-refractivity contribution in [1.29, 1.82) is 0 Å². The molecule has 0 bridgehead atoms. The molecule has 130 valence electrons. The Bertz CT molecular complexity index is 327. The topological polar surface area (TPSA) is 9.72 Å². The largest absolute Gasteiger partial charge is 0.303 e. The predicted molar refractivity (Wildman–Crippen MR) is 96.4 cm³/mol. The van der Waals surface area contributed by atoms with E-state index >= 15 is 0 Å². The summed E-state index contributed by atoms with van der Waals surface area (Å²) in [6.07, 6.45) is 2.71. The van der Waals surface area contributed by atoms with Crippen LogP contribution < -0.4 is 0 Å². The maximum atomic E-state index is 2.84. The lowest BCUT2D eigenvalue weighted by Gasteiger charge is -2.51. The first-order valence-electron chi connectivity index (χ1n) is 9.41. The van der Waals surface area contributed by atoms with Gasteiger partial charge in [-0.1, -0.05) is 20.8 Å². The van der Waals surface area contributed by atoms with Crippen molar-refractivity contribution in [3.63, 3.8) is 0 Å². The van der Waals surface area contributed by atoms with Gasteiger partial charge in [0.25, 0.3) is 0 Å². The molecule has 0 spiro atoms. The molecule has 3 nitrogen and oxygen atoms in total. The molecule has 2 fully saturated rings.